The van der Waals surface area contributed by atoms with Crippen molar-refractivity contribution in [1.29, 1.82) is 0 Å². The molecular weight excluding hydrogens is 418 g/mol. The van der Waals surface area contributed by atoms with Gasteiger partial charge in [0.15, 0.2) is 10.9 Å². The van der Waals surface area contributed by atoms with Crippen LogP contribution in [-0.4, -0.2) is 31.7 Å². The summed E-state index contributed by atoms with van der Waals surface area (Å²) < 4.78 is 7.54. The summed E-state index contributed by atoms with van der Waals surface area (Å²) in [5.41, 5.74) is 2.63. The summed E-state index contributed by atoms with van der Waals surface area (Å²) >= 11 is 3.02. The van der Waals surface area contributed by atoms with Crippen LogP contribution >= 0.6 is 23.1 Å². The fourth-order valence-corrected chi connectivity index (χ4v) is 4.69. The third-order valence-electron chi connectivity index (χ3n) is 4.69. The van der Waals surface area contributed by atoms with Crippen molar-refractivity contribution in [2.75, 3.05) is 0 Å². The average Bonchev–Trinajstić information content (AvgIpc) is 3.18. The Hall–Kier alpha value is -2.91. The number of nitrogens with zero attached hydrogens (tertiary/aromatic N) is 4. The third kappa shape index (κ3) is 4.03. The van der Waals surface area contributed by atoms with E-state index in [1.807, 2.05) is 34.2 Å². The van der Waals surface area contributed by atoms with Crippen LogP contribution in [0.3, 0.4) is 0 Å². The van der Waals surface area contributed by atoms with Crippen molar-refractivity contribution in [2.45, 2.75) is 36.7 Å². The number of furan rings is 1. The summed E-state index contributed by atoms with van der Waals surface area (Å²) in [5.74, 6) is 1.81. The van der Waals surface area contributed by atoms with Gasteiger partial charge in [0.1, 0.15) is 10.7 Å². The normalized spacial score (nSPS) is 13.5. The van der Waals surface area contributed by atoms with Gasteiger partial charge in [-0.15, -0.1) is 21.5 Å². The van der Waals surface area contributed by atoms with Crippen LogP contribution < -0.4 is 5.32 Å². The molecule has 5 rings (SSSR count). The Morgan fingerprint density at radius 1 is 1.27 bits per heavy atom. The lowest BCUT2D eigenvalue weighted by Gasteiger charge is -2.09. The Morgan fingerprint density at radius 2 is 2.10 bits per heavy atom. The molecule has 3 aromatic heterocycles. The number of hydrogen-bond donors (Lipinski definition) is 1. The van der Waals surface area contributed by atoms with Crippen LogP contribution in [0.4, 0.5) is 0 Å². The first kappa shape index (κ1) is 19.1. The van der Waals surface area contributed by atoms with Crippen LogP contribution in [-0.2, 0) is 5.75 Å². The molecule has 0 spiro atoms. The highest BCUT2D eigenvalue weighted by atomic mass is 32.2. The van der Waals surface area contributed by atoms with Gasteiger partial charge in [0.2, 0.25) is 5.82 Å². The zero-order chi connectivity index (χ0) is 20.5. The second kappa shape index (κ2) is 8.08. The van der Waals surface area contributed by atoms with E-state index in [4.69, 9.17) is 4.42 Å². The molecule has 7 nitrogen and oxygen atoms in total. The Kier molecular flexibility index (Phi) is 5.14. The molecule has 0 bridgehead atoms. The fourth-order valence-electron chi connectivity index (χ4n) is 2.95. The zero-order valence-electron chi connectivity index (χ0n) is 16.2. The van der Waals surface area contributed by atoms with Crippen molar-refractivity contribution in [2.24, 2.45) is 0 Å². The molecule has 0 saturated heterocycles. The second-order valence-corrected chi connectivity index (χ2v) is 9.00. The van der Waals surface area contributed by atoms with Crippen molar-refractivity contribution < 1.29 is 9.21 Å². The molecule has 0 atom stereocenters. The van der Waals surface area contributed by atoms with Gasteiger partial charge in [-0.25, -0.2) is 4.98 Å². The molecule has 1 N–H and O–H groups in total. The van der Waals surface area contributed by atoms with Gasteiger partial charge in [-0.05, 0) is 44.0 Å². The van der Waals surface area contributed by atoms with Gasteiger partial charge in [0.05, 0.1) is 12.0 Å². The number of hydrogen-bond acceptors (Lipinski definition) is 7. The highest BCUT2D eigenvalue weighted by molar-refractivity contribution is 7.98. The number of aromatic nitrogens is 4. The van der Waals surface area contributed by atoms with E-state index in [2.05, 4.69) is 39.6 Å². The summed E-state index contributed by atoms with van der Waals surface area (Å²) in [7, 11) is 0. The van der Waals surface area contributed by atoms with E-state index in [-0.39, 0.29) is 5.91 Å². The third-order valence-corrected chi connectivity index (χ3v) is 6.66. The SMILES string of the molecule is Cc1ccc(-n2c(SCc3nc(C(=O)NC4CC4)cs3)nnc2-c2ccco2)cc1. The van der Waals surface area contributed by atoms with Crippen LogP contribution in [0.5, 0.6) is 0 Å². The molecule has 9 heteroatoms. The summed E-state index contributed by atoms with van der Waals surface area (Å²) in [5, 5.41) is 15.1. The number of amides is 1. The number of thioether (sulfide) groups is 1. The molecule has 30 heavy (non-hydrogen) atoms. The highest BCUT2D eigenvalue weighted by Crippen LogP contribution is 2.30. The first-order chi connectivity index (χ1) is 14.7. The highest BCUT2D eigenvalue weighted by Gasteiger charge is 2.25. The number of rotatable bonds is 7. The molecular formula is C21H19N5O2S2. The quantitative estimate of drug-likeness (QED) is 0.429. The minimum absolute atomic E-state index is 0.0899. The first-order valence-electron chi connectivity index (χ1n) is 9.62. The second-order valence-electron chi connectivity index (χ2n) is 7.12. The molecule has 1 aliphatic rings. The van der Waals surface area contributed by atoms with Crippen LogP contribution in [0, 0.1) is 6.92 Å². The maximum absolute atomic E-state index is 12.2. The lowest BCUT2D eigenvalue weighted by Crippen LogP contribution is -2.25. The standard InChI is InChI=1S/C21H19N5O2S2/c1-13-4-8-15(9-5-13)26-19(17-3-2-10-28-17)24-25-21(26)30-12-18-23-16(11-29-18)20(27)22-14-6-7-14/h2-5,8-11,14H,6-7,12H2,1H3,(H,22,27). The van der Waals surface area contributed by atoms with Gasteiger partial charge in [-0.3, -0.25) is 9.36 Å². The van der Waals surface area contributed by atoms with Crippen LogP contribution in [0.15, 0.2) is 57.6 Å². The van der Waals surface area contributed by atoms with Gasteiger partial charge in [0.25, 0.3) is 5.91 Å². The van der Waals surface area contributed by atoms with Gasteiger partial charge >= 0.3 is 0 Å². The van der Waals surface area contributed by atoms with E-state index in [0.717, 1.165) is 28.7 Å². The summed E-state index contributed by atoms with van der Waals surface area (Å²) in [6, 6.07) is 12.2. The minimum atomic E-state index is -0.0899. The van der Waals surface area contributed by atoms with Crippen molar-refractivity contribution in [3.63, 3.8) is 0 Å². The topological polar surface area (TPSA) is 85.8 Å². The molecule has 0 unspecified atom stereocenters. The van der Waals surface area contributed by atoms with Crippen molar-refractivity contribution in [3.8, 4) is 17.3 Å². The monoisotopic (exact) mass is 437 g/mol. The maximum atomic E-state index is 12.2. The zero-order valence-corrected chi connectivity index (χ0v) is 17.9. The summed E-state index contributed by atoms with van der Waals surface area (Å²) in [6.45, 7) is 2.05. The van der Waals surface area contributed by atoms with Crippen molar-refractivity contribution in [1.82, 2.24) is 25.1 Å². The van der Waals surface area contributed by atoms with Crippen LogP contribution in [0.1, 0.15) is 33.9 Å². The first-order valence-corrected chi connectivity index (χ1v) is 11.5. The largest absolute Gasteiger partial charge is 0.461 e. The number of nitrogens with one attached hydrogen (secondary N) is 1. The molecule has 1 aliphatic carbocycles. The maximum Gasteiger partial charge on any atom is 0.270 e. The molecule has 4 aromatic rings. The lowest BCUT2D eigenvalue weighted by atomic mass is 10.2. The molecule has 3 heterocycles. The van der Waals surface area contributed by atoms with Crippen molar-refractivity contribution >= 4 is 29.0 Å². The number of carbonyl (C=O) groups excluding carboxylic acids is 1. The van der Waals surface area contributed by atoms with Crippen LogP contribution in [0.25, 0.3) is 17.3 Å². The predicted molar refractivity (Wildman–Crippen MR) is 116 cm³/mol. The van der Waals surface area contributed by atoms with Gasteiger partial charge in [-0.1, -0.05) is 29.5 Å². The van der Waals surface area contributed by atoms with E-state index < -0.39 is 0 Å². The molecule has 1 saturated carbocycles. The fraction of sp³-hybridized carbons (Fsp3) is 0.238. The molecule has 0 aliphatic heterocycles. The van der Waals surface area contributed by atoms with E-state index in [0.29, 0.717) is 29.1 Å². The van der Waals surface area contributed by atoms with Gasteiger partial charge in [0, 0.05) is 17.1 Å². The number of carbonyl (C=O) groups is 1. The predicted octanol–water partition coefficient (Wildman–Crippen LogP) is 4.48. The number of aryl methyl sites for hydroxylation is 1. The van der Waals surface area contributed by atoms with Crippen molar-refractivity contribution in [3.05, 3.63) is 64.3 Å². The summed E-state index contributed by atoms with van der Waals surface area (Å²) in [4.78, 5) is 16.7. The Balaban J connectivity index is 1.38. The van der Waals surface area contributed by atoms with E-state index >= 15 is 0 Å². The lowest BCUT2D eigenvalue weighted by molar-refractivity contribution is 0.0946. The Labute approximate surface area is 181 Å². The van der Waals surface area contributed by atoms with Gasteiger partial charge in [-0.2, -0.15) is 0 Å². The molecule has 1 aromatic carbocycles. The molecule has 0 radical (unpaired) electrons. The van der Waals surface area contributed by atoms with E-state index in [9.17, 15) is 4.79 Å². The summed E-state index contributed by atoms with van der Waals surface area (Å²) in [6.07, 6.45) is 3.75. The average molecular weight is 438 g/mol. The van der Waals surface area contributed by atoms with Crippen LogP contribution in [0.2, 0.25) is 0 Å². The molecule has 1 fully saturated rings. The number of benzene rings is 1. The number of thiazole rings is 1. The molecule has 152 valence electrons. The van der Waals surface area contributed by atoms with E-state index in [1.54, 1.807) is 6.26 Å². The van der Waals surface area contributed by atoms with E-state index in [1.165, 1.54) is 28.7 Å². The Bertz CT molecular complexity index is 1160. The minimum Gasteiger partial charge on any atom is -0.461 e. The smallest absolute Gasteiger partial charge is 0.270 e. The van der Waals surface area contributed by atoms with Gasteiger partial charge < -0.3 is 9.73 Å². The Morgan fingerprint density at radius 3 is 2.83 bits per heavy atom. The molecule has 1 amide bonds.